The molecular weight excluding hydrogens is 240 g/mol. The van der Waals surface area contributed by atoms with Crippen LogP contribution >= 0.6 is 11.6 Å². The van der Waals surface area contributed by atoms with Gasteiger partial charge in [-0.3, -0.25) is 4.79 Å². The number of carbonyl (C=O) groups is 1. The summed E-state index contributed by atoms with van der Waals surface area (Å²) in [6, 6.07) is 0.733. The van der Waals surface area contributed by atoms with Crippen molar-refractivity contribution < 1.29 is 4.79 Å². The lowest BCUT2D eigenvalue weighted by molar-refractivity contribution is 0.112. The second kappa shape index (κ2) is 5.42. The lowest BCUT2D eigenvalue weighted by atomic mass is 10.3. The van der Waals surface area contributed by atoms with Crippen molar-refractivity contribution in [1.29, 1.82) is 0 Å². The maximum Gasteiger partial charge on any atom is 0.156 e. The first-order valence-electron chi connectivity index (χ1n) is 5.62. The summed E-state index contributed by atoms with van der Waals surface area (Å²) in [6.07, 6.45) is 4.60. The third kappa shape index (κ3) is 3.14. The fourth-order valence-electron chi connectivity index (χ4n) is 1.67. The lowest BCUT2D eigenvalue weighted by Crippen LogP contribution is -2.27. The molecule has 2 rings (SSSR count). The second-order valence-electron chi connectivity index (χ2n) is 4.18. The Balaban J connectivity index is 1.89. The highest BCUT2D eigenvalue weighted by molar-refractivity contribution is 6.32. The first-order chi connectivity index (χ1) is 8.22. The van der Waals surface area contributed by atoms with E-state index in [0.717, 1.165) is 19.1 Å². The molecule has 1 saturated carbocycles. The fourth-order valence-corrected chi connectivity index (χ4v) is 1.85. The molecule has 0 atom stereocenters. The van der Waals surface area contributed by atoms with E-state index in [9.17, 15) is 4.79 Å². The summed E-state index contributed by atoms with van der Waals surface area (Å²) in [5.41, 5.74) is 0.322. The van der Waals surface area contributed by atoms with Crippen LogP contribution < -0.4 is 5.32 Å². The number of likely N-dealkylation sites (N-methyl/N-ethyl adjacent to an activating group) is 1. The Bertz CT molecular complexity index is 408. The molecule has 1 aliphatic rings. The van der Waals surface area contributed by atoms with Crippen molar-refractivity contribution in [3.05, 3.63) is 17.0 Å². The third-order valence-corrected chi connectivity index (χ3v) is 3.18. The van der Waals surface area contributed by atoms with Gasteiger partial charge in [0.05, 0.1) is 5.56 Å². The van der Waals surface area contributed by atoms with Crippen LogP contribution in [-0.4, -0.2) is 47.3 Å². The van der Waals surface area contributed by atoms with E-state index in [1.807, 2.05) is 0 Å². The van der Waals surface area contributed by atoms with Crippen LogP contribution in [0.5, 0.6) is 0 Å². The number of halogens is 1. The van der Waals surface area contributed by atoms with E-state index in [4.69, 9.17) is 11.6 Å². The standard InChI is InChI=1S/C11H15ClN4O/c1-16(8-2-3-8)5-4-13-11-9(6-17)10(12)14-7-15-11/h6-8H,2-5H2,1H3,(H,13,14,15). The number of carbonyl (C=O) groups excluding carboxylic acids is 1. The van der Waals surface area contributed by atoms with Crippen molar-refractivity contribution in [2.75, 3.05) is 25.5 Å². The van der Waals surface area contributed by atoms with Crippen molar-refractivity contribution in [2.45, 2.75) is 18.9 Å². The summed E-state index contributed by atoms with van der Waals surface area (Å²) in [5, 5.41) is 3.30. The summed E-state index contributed by atoms with van der Waals surface area (Å²) in [6.45, 7) is 1.66. The fraction of sp³-hybridized carbons (Fsp3) is 0.545. The molecule has 0 aliphatic heterocycles. The van der Waals surface area contributed by atoms with Crippen molar-refractivity contribution in [3.63, 3.8) is 0 Å². The first-order valence-corrected chi connectivity index (χ1v) is 6.00. The van der Waals surface area contributed by atoms with E-state index in [1.54, 1.807) is 0 Å². The molecule has 17 heavy (non-hydrogen) atoms. The summed E-state index contributed by atoms with van der Waals surface area (Å²) in [7, 11) is 2.10. The molecular formula is C11H15ClN4O. The molecule has 92 valence electrons. The highest BCUT2D eigenvalue weighted by Gasteiger charge is 2.25. The Labute approximate surface area is 105 Å². The number of nitrogens with one attached hydrogen (secondary N) is 1. The van der Waals surface area contributed by atoms with Crippen LogP contribution in [0, 0.1) is 0 Å². The van der Waals surface area contributed by atoms with Crippen molar-refractivity contribution in [3.8, 4) is 0 Å². The predicted molar refractivity (Wildman–Crippen MR) is 66.6 cm³/mol. The summed E-state index contributed by atoms with van der Waals surface area (Å²) < 4.78 is 0. The van der Waals surface area contributed by atoms with Gasteiger partial charge in [-0.1, -0.05) is 11.6 Å². The van der Waals surface area contributed by atoms with Gasteiger partial charge in [0, 0.05) is 19.1 Å². The topological polar surface area (TPSA) is 58.1 Å². The number of hydrogen-bond acceptors (Lipinski definition) is 5. The lowest BCUT2D eigenvalue weighted by Gasteiger charge is -2.16. The minimum atomic E-state index is 0.188. The Morgan fingerprint density at radius 1 is 1.59 bits per heavy atom. The van der Waals surface area contributed by atoms with E-state index in [0.29, 0.717) is 17.7 Å². The van der Waals surface area contributed by atoms with Crippen LogP contribution in [-0.2, 0) is 0 Å². The molecule has 0 aromatic carbocycles. The highest BCUT2D eigenvalue weighted by Crippen LogP contribution is 2.24. The van der Waals surface area contributed by atoms with Crippen LogP contribution in [0.4, 0.5) is 5.82 Å². The quantitative estimate of drug-likeness (QED) is 0.615. The second-order valence-corrected chi connectivity index (χ2v) is 4.54. The Morgan fingerprint density at radius 2 is 2.35 bits per heavy atom. The van der Waals surface area contributed by atoms with Crippen LogP contribution in [0.25, 0.3) is 0 Å². The van der Waals surface area contributed by atoms with E-state index >= 15 is 0 Å². The Kier molecular flexibility index (Phi) is 3.91. The molecule has 5 nitrogen and oxygen atoms in total. The first kappa shape index (κ1) is 12.3. The van der Waals surface area contributed by atoms with Gasteiger partial charge in [0.25, 0.3) is 0 Å². The maximum absolute atomic E-state index is 10.8. The van der Waals surface area contributed by atoms with Gasteiger partial charge in [-0.05, 0) is 19.9 Å². The molecule has 6 heteroatoms. The van der Waals surface area contributed by atoms with Crippen LogP contribution in [0.3, 0.4) is 0 Å². The van der Waals surface area contributed by atoms with Gasteiger partial charge in [0.2, 0.25) is 0 Å². The van der Waals surface area contributed by atoms with Gasteiger partial charge >= 0.3 is 0 Å². The molecule has 1 fully saturated rings. The van der Waals surface area contributed by atoms with Crippen LogP contribution in [0.2, 0.25) is 5.15 Å². The monoisotopic (exact) mass is 254 g/mol. The van der Waals surface area contributed by atoms with Gasteiger partial charge in [0.1, 0.15) is 17.3 Å². The zero-order chi connectivity index (χ0) is 12.3. The zero-order valence-corrected chi connectivity index (χ0v) is 10.4. The minimum absolute atomic E-state index is 0.188. The molecule has 0 spiro atoms. The number of aromatic nitrogens is 2. The molecule has 0 radical (unpaired) electrons. The van der Waals surface area contributed by atoms with Crippen LogP contribution in [0.15, 0.2) is 6.33 Å². The van der Waals surface area contributed by atoms with Gasteiger partial charge in [0.15, 0.2) is 6.29 Å². The van der Waals surface area contributed by atoms with Crippen molar-refractivity contribution in [2.24, 2.45) is 0 Å². The highest BCUT2D eigenvalue weighted by atomic mass is 35.5. The molecule has 1 aliphatic carbocycles. The smallest absolute Gasteiger partial charge is 0.156 e. The minimum Gasteiger partial charge on any atom is -0.368 e. The average Bonchev–Trinajstić information content (AvgIpc) is 3.13. The molecule has 0 bridgehead atoms. The third-order valence-electron chi connectivity index (χ3n) is 2.88. The number of nitrogens with zero attached hydrogens (tertiary/aromatic N) is 3. The molecule has 1 heterocycles. The molecule has 1 N–H and O–H groups in total. The van der Waals surface area contributed by atoms with Crippen molar-refractivity contribution >= 4 is 23.7 Å². The number of rotatable bonds is 6. The molecule has 1 aromatic heterocycles. The SMILES string of the molecule is CN(CCNc1ncnc(Cl)c1C=O)C1CC1. The van der Waals surface area contributed by atoms with E-state index in [2.05, 4.69) is 27.2 Å². The van der Waals surface area contributed by atoms with E-state index < -0.39 is 0 Å². The average molecular weight is 255 g/mol. The largest absolute Gasteiger partial charge is 0.368 e. The molecule has 0 saturated heterocycles. The van der Waals surface area contributed by atoms with Gasteiger partial charge in [-0.15, -0.1) is 0 Å². The number of aldehydes is 1. The normalized spacial score (nSPS) is 15.0. The Hall–Kier alpha value is -1.20. The number of hydrogen-bond donors (Lipinski definition) is 1. The molecule has 0 amide bonds. The Morgan fingerprint density at radius 3 is 3.00 bits per heavy atom. The van der Waals surface area contributed by atoms with Gasteiger partial charge < -0.3 is 10.2 Å². The van der Waals surface area contributed by atoms with E-state index in [1.165, 1.54) is 19.2 Å². The van der Waals surface area contributed by atoms with Gasteiger partial charge in [-0.25, -0.2) is 9.97 Å². The summed E-state index contributed by atoms with van der Waals surface area (Å²) >= 11 is 5.80. The molecule has 1 aromatic rings. The number of anilines is 1. The molecule has 0 unspecified atom stereocenters. The van der Waals surface area contributed by atoms with Crippen molar-refractivity contribution in [1.82, 2.24) is 14.9 Å². The predicted octanol–water partition coefficient (Wildman–Crippen LogP) is 1.45. The van der Waals surface area contributed by atoms with E-state index in [-0.39, 0.29) is 5.15 Å². The summed E-state index contributed by atoms with van der Waals surface area (Å²) in [5.74, 6) is 0.504. The zero-order valence-electron chi connectivity index (χ0n) is 9.69. The maximum atomic E-state index is 10.8. The van der Waals surface area contributed by atoms with Gasteiger partial charge in [-0.2, -0.15) is 0 Å². The summed E-state index contributed by atoms with van der Waals surface area (Å²) in [4.78, 5) is 20.9. The van der Waals surface area contributed by atoms with Crippen LogP contribution in [0.1, 0.15) is 23.2 Å².